The second kappa shape index (κ2) is 8.14. The Morgan fingerprint density at radius 1 is 1.04 bits per heavy atom. The van der Waals surface area contributed by atoms with Gasteiger partial charge in [0.25, 0.3) is 11.5 Å². The smallest absolute Gasteiger partial charge is 0.258 e. The number of pyridine rings is 1. The summed E-state index contributed by atoms with van der Waals surface area (Å²) in [6.45, 7) is -0.189. The van der Waals surface area contributed by atoms with Crippen molar-refractivity contribution < 1.29 is 14.0 Å². The number of nitrogens with one attached hydrogen (secondary N) is 2. The Balaban J connectivity index is 1.73. The molecule has 0 aliphatic rings. The average Bonchev–Trinajstić information content (AvgIpc) is 2.54. The van der Waals surface area contributed by atoms with Gasteiger partial charge < -0.3 is 4.57 Å². The maximum Gasteiger partial charge on any atom is 0.258 e. The number of hydrogen-bond donors (Lipinski definition) is 2. The van der Waals surface area contributed by atoms with Gasteiger partial charge in [-0.3, -0.25) is 25.2 Å². The van der Waals surface area contributed by atoms with Crippen molar-refractivity contribution in [3.63, 3.8) is 0 Å². The van der Waals surface area contributed by atoms with Crippen LogP contribution < -0.4 is 16.4 Å². The number of rotatable bonds is 5. The third kappa shape index (κ3) is 5.59. The molecule has 8 heteroatoms. The number of aromatic nitrogens is 1. The lowest BCUT2D eigenvalue weighted by Crippen LogP contribution is -2.44. The van der Waals surface area contributed by atoms with Gasteiger partial charge >= 0.3 is 0 Å². The van der Waals surface area contributed by atoms with Crippen molar-refractivity contribution in [2.75, 3.05) is 5.75 Å². The van der Waals surface area contributed by atoms with Crippen molar-refractivity contribution in [1.29, 1.82) is 0 Å². The van der Waals surface area contributed by atoms with Crippen LogP contribution in [0.1, 0.15) is 0 Å². The van der Waals surface area contributed by atoms with Crippen LogP contribution in [0, 0.1) is 5.82 Å². The summed E-state index contributed by atoms with van der Waals surface area (Å²) in [4.78, 5) is 35.4. The van der Waals surface area contributed by atoms with Crippen molar-refractivity contribution in [2.24, 2.45) is 0 Å². The Bertz CT molecular complexity index is 746. The summed E-state index contributed by atoms with van der Waals surface area (Å²) in [7, 11) is 0. The molecule has 2 N–H and O–H groups in total. The van der Waals surface area contributed by atoms with Crippen molar-refractivity contribution >= 4 is 23.6 Å². The van der Waals surface area contributed by atoms with E-state index in [2.05, 4.69) is 10.9 Å². The van der Waals surface area contributed by atoms with E-state index < -0.39 is 11.8 Å². The van der Waals surface area contributed by atoms with E-state index in [4.69, 9.17) is 0 Å². The second-order valence-corrected chi connectivity index (χ2v) is 5.55. The highest BCUT2D eigenvalue weighted by atomic mass is 32.2. The fourth-order valence-electron chi connectivity index (χ4n) is 1.64. The molecule has 0 saturated carbocycles. The van der Waals surface area contributed by atoms with Gasteiger partial charge in [0.15, 0.2) is 0 Å². The van der Waals surface area contributed by atoms with Gasteiger partial charge in [0, 0.05) is 17.2 Å². The van der Waals surface area contributed by atoms with Gasteiger partial charge in [-0.2, -0.15) is 0 Å². The van der Waals surface area contributed by atoms with Crippen molar-refractivity contribution in [3.05, 3.63) is 64.8 Å². The molecular weight excluding hydrogens is 321 g/mol. The number of carbonyl (C=O) groups excluding carboxylic acids is 2. The average molecular weight is 335 g/mol. The monoisotopic (exact) mass is 335 g/mol. The fraction of sp³-hybridized carbons (Fsp3) is 0.133. The number of carbonyl (C=O) groups is 2. The van der Waals surface area contributed by atoms with Crippen LogP contribution in [0.2, 0.25) is 0 Å². The van der Waals surface area contributed by atoms with Crippen LogP contribution in [0.25, 0.3) is 0 Å². The molecule has 1 heterocycles. The lowest BCUT2D eigenvalue weighted by Gasteiger charge is -2.08. The first-order valence-corrected chi connectivity index (χ1v) is 7.64. The molecule has 6 nitrogen and oxygen atoms in total. The number of nitrogens with zero attached hydrogens (tertiary/aromatic N) is 1. The Hall–Kier alpha value is -2.61. The van der Waals surface area contributed by atoms with E-state index in [0.29, 0.717) is 0 Å². The number of amides is 2. The molecule has 2 aromatic rings. The lowest BCUT2D eigenvalue weighted by molar-refractivity contribution is -0.128. The highest BCUT2D eigenvalue weighted by molar-refractivity contribution is 8.00. The van der Waals surface area contributed by atoms with Crippen LogP contribution in [0.3, 0.4) is 0 Å². The van der Waals surface area contributed by atoms with Crippen LogP contribution in [-0.2, 0) is 16.1 Å². The zero-order chi connectivity index (χ0) is 16.7. The zero-order valence-corrected chi connectivity index (χ0v) is 12.8. The first-order chi connectivity index (χ1) is 11.0. The summed E-state index contributed by atoms with van der Waals surface area (Å²) in [5, 5.41) is 0. The molecule has 0 aliphatic heterocycles. The summed E-state index contributed by atoms with van der Waals surface area (Å²) < 4.78 is 14.0. The second-order valence-electron chi connectivity index (χ2n) is 4.51. The molecule has 0 radical (unpaired) electrons. The number of thioether (sulfide) groups is 1. The standard InChI is InChI=1S/C15H14FN3O3S/c16-11-4-6-12(7-5-11)23-10-14(21)18-17-13(20)9-19-8-2-1-3-15(19)22/h1-8H,9-10H2,(H,17,20)(H,18,21). The molecule has 1 aromatic carbocycles. The van der Waals surface area contributed by atoms with E-state index >= 15 is 0 Å². The summed E-state index contributed by atoms with van der Waals surface area (Å²) in [6.07, 6.45) is 1.48. The molecule has 2 amide bonds. The normalized spacial score (nSPS) is 10.1. The molecule has 0 saturated heterocycles. The number of halogens is 1. The number of benzene rings is 1. The minimum atomic E-state index is -0.515. The van der Waals surface area contributed by atoms with Crippen LogP contribution in [0.15, 0.2) is 58.4 Å². The summed E-state index contributed by atoms with van der Waals surface area (Å²) in [5.41, 5.74) is 4.18. The summed E-state index contributed by atoms with van der Waals surface area (Å²) >= 11 is 1.21. The maximum atomic E-state index is 12.7. The molecule has 2 rings (SSSR count). The minimum absolute atomic E-state index is 0.0667. The quantitative estimate of drug-likeness (QED) is 0.629. The lowest BCUT2D eigenvalue weighted by atomic mass is 10.4. The van der Waals surface area contributed by atoms with Gasteiger partial charge in [-0.05, 0) is 30.3 Å². The SMILES string of the molecule is O=C(CSc1ccc(F)cc1)NNC(=O)Cn1ccccc1=O. The van der Waals surface area contributed by atoms with Gasteiger partial charge in [-0.15, -0.1) is 11.8 Å². The van der Waals surface area contributed by atoms with Gasteiger partial charge in [0.1, 0.15) is 12.4 Å². The molecule has 0 aliphatic carbocycles. The van der Waals surface area contributed by atoms with E-state index in [0.717, 1.165) is 4.90 Å². The molecule has 23 heavy (non-hydrogen) atoms. The van der Waals surface area contributed by atoms with E-state index in [-0.39, 0.29) is 23.7 Å². The Labute approximate surface area is 135 Å². The molecule has 120 valence electrons. The first kappa shape index (κ1) is 16.8. The largest absolute Gasteiger partial charge is 0.306 e. The minimum Gasteiger partial charge on any atom is -0.306 e. The third-order valence-corrected chi connectivity index (χ3v) is 3.75. The van der Waals surface area contributed by atoms with Gasteiger partial charge in [0.2, 0.25) is 5.91 Å². The molecular formula is C15H14FN3O3S. The molecule has 0 fully saturated rings. The van der Waals surface area contributed by atoms with Crippen LogP contribution in [0.5, 0.6) is 0 Å². The highest BCUT2D eigenvalue weighted by Crippen LogP contribution is 2.17. The van der Waals surface area contributed by atoms with Gasteiger partial charge in [-0.1, -0.05) is 6.07 Å². The van der Waals surface area contributed by atoms with Gasteiger partial charge in [0.05, 0.1) is 5.75 Å². The maximum absolute atomic E-state index is 12.7. The zero-order valence-electron chi connectivity index (χ0n) is 12.0. The fourth-order valence-corrected chi connectivity index (χ4v) is 2.34. The molecule has 0 bridgehead atoms. The van der Waals surface area contributed by atoms with Crippen LogP contribution >= 0.6 is 11.8 Å². The van der Waals surface area contributed by atoms with Crippen molar-refractivity contribution in [1.82, 2.24) is 15.4 Å². The Morgan fingerprint density at radius 3 is 2.43 bits per heavy atom. The molecule has 0 atom stereocenters. The highest BCUT2D eigenvalue weighted by Gasteiger charge is 2.07. The van der Waals surface area contributed by atoms with E-state index in [1.807, 2.05) is 0 Å². The van der Waals surface area contributed by atoms with Crippen molar-refractivity contribution in [2.45, 2.75) is 11.4 Å². The van der Waals surface area contributed by atoms with Crippen LogP contribution in [-0.4, -0.2) is 22.1 Å². The summed E-state index contributed by atoms with van der Waals surface area (Å²) in [6, 6.07) is 10.3. The predicted molar refractivity (Wildman–Crippen MR) is 84.1 cm³/mol. The predicted octanol–water partition coefficient (Wildman–Crippen LogP) is 0.927. The van der Waals surface area contributed by atoms with Gasteiger partial charge in [-0.25, -0.2) is 4.39 Å². The molecule has 0 unspecified atom stereocenters. The molecule has 1 aromatic heterocycles. The van der Waals surface area contributed by atoms with Crippen LogP contribution in [0.4, 0.5) is 4.39 Å². The van der Waals surface area contributed by atoms with E-state index in [9.17, 15) is 18.8 Å². The topological polar surface area (TPSA) is 80.2 Å². The number of hydrogen-bond acceptors (Lipinski definition) is 4. The van der Waals surface area contributed by atoms with E-state index in [1.54, 1.807) is 24.3 Å². The summed E-state index contributed by atoms with van der Waals surface area (Å²) in [5.74, 6) is -1.20. The first-order valence-electron chi connectivity index (χ1n) is 6.66. The Morgan fingerprint density at radius 2 is 1.74 bits per heavy atom. The molecule has 0 spiro atoms. The third-order valence-electron chi connectivity index (χ3n) is 2.74. The Kier molecular flexibility index (Phi) is 5.93. The van der Waals surface area contributed by atoms with Crippen molar-refractivity contribution in [3.8, 4) is 0 Å². The van der Waals surface area contributed by atoms with E-state index in [1.165, 1.54) is 40.7 Å². The number of hydrazine groups is 1.